The van der Waals surface area contributed by atoms with Gasteiger partial charge in [0, 0.05) is 19.8 Å². The molecule has 7 heteroatoms. The Hall–Kier alpha value is -2.02. The van der Waals surface area contributed by atoms with Crippen LogP contribution in [0.4, 0.5) is 13.2 Å². The first kappa shape index (κ1) is 15.4. The smallest absolute Gasteiger partial charge is 0.419 e. The summed E-state index contributed by atoms with van der Waals surface area (Å²) in [4.78, 5) is 0. The molecule has 1 N–H and O–H groups in total. The zero-order valence-corrected chi connectivity index (χ0v) is 11.7. The van der Waals surface area contributed by atoms with Crippen molar-refractivity contribution >= 4 is 0 Å². The molecule has 0 radical (unpaired) electrons. The third kappa shape index (κ3) is 3.98. The lowest BCUT2D eigenvalue weighted by Crippen LogP contribution is -2.12. The van der Waals surface area contributed by atoms with E-state index in [0.29, 0.717) is 17.8 Å². The molecule has 0 amide bonds. The van der Waals surface area contributed by atoms with Gasteiger partial charge in [-0.3, -0.25) is 4.68 Å². The van der Waals surface area contributed by atoms with Crippen LogP contribution in [-0.4, -0.2) is 16.8 Å². The fraction of sp³-hybridized carbons (Fsp3) is 0.357. The highest BCUT2D eigenvalue weighted by atomic mass is 19.4. The van der Waals surface area contributed by atoms with Gasteiger partial charge in [0.15, 0.2) is 0 Å². The molecule has 1 heterocycles. The number of halogens is 3. The average molecular weight is 299 g/mol. The summed E-state index contributed by atoms with van der Waals surface area (Å²) in [7, 11) is 3.41. The minimum absolute atomic E-state index is 0.00467. The molecular formula is C14H16F3N3O. The van der Waals surface area contributed by atoms with Gasteiger partial charge in [-0.05, 0) is 30.8 Å². The summed E-state index contributed by atoms with van der Waals surface area (Å²) in [5, 5.41) is 6.89. The molecule has 0 aliphatic carbocycles. The van der Waals surface area contributed by atoms with E-state index in [0.717, 1.165) is 6.07 Å². The van der Waals surface area contributed by atoms with Crippen molar-refractivity contribution in [1.29, 1.82) is 0 Å². The summed E-state index contributed by atoms with van der Waals surface area (Å²) >= 11 is 0. The van der Waals surface area contributed by atoms with Crippen LogP contribution in [0.3, 0.4) is 0 Å². The number of nitrogens with one attached hydrogen (secondary N) is 1. The molecule has 1 aromatic heterocycles. The van der Waals surface area contributed by atoms with Gasteiger partial charge in [0.2, 0.25) is 0 Å². The van der Waals surface area contributed by atoms with Crippen LogP contribution in [0.1, 0.15) is 16.8 Å². The minimum atomic E-state index is -4.46. The molecule has 0 unspecified atom stereocenters. The highest BCUT2D eigenvalue weighted by Gasteiger charge is 2.34. The fourth-order valence-electron chi connectivity index (χ4n) is 1.93. The van der Waals surface area contributed by atoms with Crippen molar-refractivity contribution < 1.29 is 17.9 Å². The monoisotopic (exact) mass is 299 g/mol. The van der Waals surface area contributed by atoms with Crippen LogP contribution in [0, 0.1) is 0 Å². The van der Waals surface area contributed by atoms with Gasteiger partial charge in [-0.1, -0.05) is 6.07 Å². The summed E-state index contributed by atoms with van der Waals surface area (Å²) in [6.07, 6.45) is -2.75. The van der Waals surface area contributed by atoms with Crippen molar-refractivity contribution in [2.45, 2.75) is 19.3 Å². The van der Waals surface area contributed by atoms with E-state index >= 15 is 0 Å². The fourth-order valence-corrected chi connectivity index (χ4v) is 1.93. The standard InChI is InChI=1S/C14H16F3N3O/c1-18-8-10-3-4-13(12(7-10)14(15,16)17)21-9-11-5-6-20(2)19-11/h3-7,18H,8-9H2,1-2H3. The second kappa shape index (κ2) is 6.17. The molecule has 0 spiro atoms. The Labute approximate surface area is 120 Å². The van der Waals surface area contributed by atoms with E-state index in [2.05, 4.69) is 10.4 Å². The third-order valence-electron chi connectivity index (χ3n) is 2.87. The summed E-state index contributed by atoms with van der Waals surface area (Å²) < 4.78 is 46.1. The summed E-state index contributed by atoms with van der Waals surface area (Å²) in [5.41, 5.74) is 0.353. The highest BCUT2D eigenvalue weighted by Crippen LogP contribution is 2.37. The molecule has 0 aliphatic heterocycles. The molecule has 4 nitrogen and oxygen atoms in total. The van der Waals surface area contributed by atoms with Crippen molar-refractivity contribution in [3.8, 4) is 5.75 Å². The second-order valence-electron chi connectivity index (χ2n) is 4.63. The van der Waals surface area contributed by atoms with E-state index < -0.39 is 11.7 Å². The Kier molecular flexibility index (Phi) is 4.52. The van der Waals surface area contributed by atoms with Gasteiger partial charge in [-0.15, -0.1) is 0 Å². The van der Waals surface area contributed by atoms with Crippen LogP contribution in [-0.2, 0) is 26.4 Å². The van der Waals surface area contributed by atoms with Crippen molar-refractivity contribution in [3.63, 3.8) is 0 Å². The Morgan fingerprint density at radius 2 is 2.05 bits per heavy atom. The average Bonchev–Trinajstić information content (AvgIpc) is 2.82. The first-order valence-electron chi connectivity index (χ1n) is 6.36. The summed E-state index contributed by atoms with van der Waals surface area (Å²) in [6, 6.07) is 5.75. The van der Waals surface area contributed by atoms with E-state index in [1.807, 2.05) is 0 Å². The Morgan fingerprint density at radius 1 is 1.29 bits per heavy atom. The lowest BCUT2D eigenvalue weighted by molar-refractivity contribution is -0.139. The molecule has 1 aromatic carbocycles. The number of aryl methyl sites for hydroxylation is 1. The Bertz CT molecular complexity index is 608. The van der Waals surface area contributed by atoms with Gasteiger partial charge in [0.05, 0.1) is 11.3 Å². The maximum atomic E-state index is 13.1. The molecule has 0 saturated heterocycles. The van der Waals surface area contributed by atoms with Gasteiger partial charge < -0.3 is 10.1 Å². The Morgan fingerprint density at radius 3 is 2.62 bits per heavy atom. The summed E-state index contributed by atoms with van der Waals surface area (Å²) in [6.45, 7) is 0.360. The maximum Gasteiger partial charge on any atom is 0.419 e. The topological polar surface area (TPSA) is 39.1 Å². The zero-order chi connectivity index (χ0) is 15.5. The molecule has 2 aromatic rings. The third-order valence-corrected chi connectivity index (χ3v) is 2.87. The van der Waals surface area contributed by atoms with Crippen LogP contribution >= 0.6 is 0 Å². The lowest BCUT2D eigenvalue weighted by atomic mass is 10.1. The van der Waals surface area contributed by atoms with E-state index in [1.165, 1.54) is 6.07 Å². The zero-order valence-electron chi connectivity index (χ0n) is 11.7. The number of ether oxygens (including phenoxy) is 1. The number of rotatable bonds is 5. The molecule has 0 bridgehead atoms. The van der Waals surface area contributed by atoms with Crippen LogP contribution < -0.4 is 10.1 Å². The van der Waals surface area contributed by atoms with Gasteiger partial charge >= 0.3 is 6.18 Å². The van der Waals surface area contributed by atoms with Crippen molar-refractivity contribution in [3.05, 3.63) is 47.3 Å². The first-order chi connectivity index (χ1) is 9.90. The number of alkyl halides is 3. The summed E-state index contributed by atoms with van der Waals surface area (Å²) in [5.74, 6) is -0.187. The number of nitrogens with zero attached hydrogens (tertiary/aromatic N) is 2. The minimum Gasteiger partial charge on any atom is -0.487 e. The number of aromatic nitrogens is 2. The maximum absolute atomic E-state index is 13.1. The van der Waals surface area contributed by atoms with Gasteiger partial charge in [-0.25, -0.2) is 0 Å². The van der Waals surface area contributed by atoms with Gasteiger partial charge in [0.1, 0.15) is 12.4 Å². The SMILES string of the molecule is CNCc1ccc(OCc2ccn(C)n2)c(C(F)(F)F)c1. The largest absolute Gasteiger partial charge is 0.487 e. The number of hydrogen-bond acceptors (Lipinski definition) is 3. The van der Waals surface area contributed by atoms with Crippen LogP contribution in [0.5, 0.6) is 5.75 Å². The molecule has 0 saturated carbocycles. The molecule has 0 aliphatic rings. The van der Waals surface area contributed by atoms with Crippen molar-refractivity contribution in [2.75, 3.05) is 7.05 Å². The molecule has 0 atom stereocenters. The molecule has 0 fully saturated rings. The number of benzene rings is 1. The quantitative estimate of drug-likeness (QED) is 0.922. The van der Waals surface area contributed by atoms with Crippen LogP contribution in [0.2, 0.25) is 0 Å². The van der Waals surface area contributed by atoms with Crippen molar-refractivity contribution in [1.82, 2.24) is 15.1 Å². The number of hydrogen-bond donors (Lipinski definition) is 1. The van der Waals surface area contributed by atoms with E-state index in [9.17, 15) is 13.2 Å². The lowest BCUT2D eigenvalue weighted by Gasteiger charge is -2.15. The Balaban J connectivity index is 2.21. The second-order valence-corrected chi connectivity index (χ2v) is 4.63. The predicted molar refractivity (Wildman–Crippen MR) is 71.7 cm³/mol. The van der Waals surface area contributed by atoms with E-state index in [1.54, 1.807) is 37.1 Å². The van der Waals surface area contributed by atoms with Gasteiger partial charge in [-0.2, -0.15) is 18.3 Å². The molecular weight excluding hydrogens is 283 g/mol. The van der Waals surface area contributed by atoms with Gasteiger partial charge in [0.25, 0.3) is 0 Å². The van der Waals surface area contributed by atoms with E-state index in [-0.39, 0.29) is 12.4 Å². The predicted octanol–water partition coefficient (Wildman–Crippen LogP) is 2.74. The normalized spacial score (nSPS) is 11.7. The van der Waals surface area contributed by atoms with Crippen molar-refractivity contribution in [2.24, 2.45) is 7.05 Å². The molecule has 114 valence electrons. The van der Waals surface area contributed by atoms with Crippen LogP contribution in [0.25, 0.3) is 0 Å². The van der Waals surface area contributed by atoms with E-state index in [4.69, 9.17) is 4.74 Å². The highest BCUT2D eigenvalue weighted by molar-refractivity contribution is 5.39. The molecule has 21 heavy (non-hydrogen) atoms. The van der Waals surface area contributed by atoms with Crippen LogP contribution in [0.15, 0.2) is 30.5 Å². The molecule has 2 rings (SSSR count). The first-order valence-corrected chi connectivity index (χ1v) is 6.36.